The molecule has 1 aromatic carbocycles. The minimum Gasteiger partial charge on any atom is -0.490 e. The molecule has 1 fully saturated rings. The Morgan fingerprint density at radius 3 is 2.65 bits per heavy atom. The van der Waals surface area contributed by atoms with E-state index in [2.05, 4.69) is 0 Å². The lowest BCUT2D eigenvalue weighted by Crippen LogP contribution is -2.32. The summed E-state index contributed by atoms with van der Waals surface area (Å²) < 4.78 is 5.74. The summed E-state index contributed by atoms with van der Waals surface area (Å²) in [4.78, 5) is 0. The number of aryl methyl sites for hydroxylation is 1. The first kappa shape index (κ1) is 12.4. The number of benzene rings is 1. The second-order valence-corrected chi connectivity index (χ2v) is 4.94. The van der Waals surface area contributed by atoms with E-state index in [1.165, 1.54) is 0 Å². The first-order valence-corrected chi connectivity index (χ1v) is 6.19. The Balaban J connectivity index is 2.08. The van der Waals surface area contributed by atoms with E-state index in [1.807, 2.05) is 25.1 Å². The molecule has 0 radical (unpaired) electrons. The lowest BCUT2D eigenvalue weighted by atomic mass is 10.0. The van der Waals surface area contributed by atoms with Gasteiger partial charge in [-0.05, 0) is 25.3 Å². The second kappa shape index (κ2) is 5.07. The predicted molar refractivity (Wildman–Crippen MR) is 66.0 cm³/mol. The zero-order chi connectivity index (χ0) is 12.3. The third kappa shape index (κ3) is 2.79. The van der Waals surface area contributed by atoms with Crippen LogP contribution in [0.25, 0.3) is 0 Å². The molecule has 0 unspecified atom stereocenters. The van der Waals surface area contributed by atoms with Crippen LogP contribution >= 0.6 is 0 Å². The lowest BCUT2D eigenvalue weighted by molar-refractivity contribution is 0.000625. The lowest BCUT2D eigenvalue weighted by Gasteiger charge is -2.23. The molecule has 2 N–H and O–H groups in total. The minimum absolute atomic E-state index is 0.0323. The number of ether oxygens (including phenoxy) is 1. The Hall–Kier alpha value is -1.06. The summed E-state index contributed by atoms with van der Waals surface area (Å²) in [6, 6.07) is 5.70. The van der Waals surface area contributed by atoms with E-state index in [0.717, 1.165) is 42.6 Å². The topological polar surface area (TPSA) is 49.7 Å². The van der Waals surface area contributed by atoms with Gasteiger partial charge in [-0.15, -0.1) is 0 Å². The molecule has 0 spiro atoms. The molecule has 0 aliphatic heterocycles. The van der Waals surface area contributed by atoms with Gasteiger partial charge in [-0.3, -0.25) is 0 Å². The van der Waals surface area contributed by atoms with Gasteiger partial charge < -0.3 is 14.9 Å². The van der Waals surface area contributed by atoms with Crippen molar-refractivity contribution in [2.75, 3.05) is 6.61 Å². The van der Waals surface area contributed by atoms with E-state index in [9.17, 15) is 10.2 Å². The van der Waals surface area contributed by atoms with Crippen molar-refractivity contribution in [3.8, 4) is 5.75 Å². The number of rotatable bonds is 4. The fraction of sp³-hybridized carbons (Fsp3) is 0.571. The van der Waals surface area contributed by atoms with Crippen molar-refractivity contribution in [2.45, 2.75) is 44.8 Å². The third-order valence-corrected chi connectivity index (χ3v) is 3.48. The fourth-order valence-electron chi connectivity index (χ4n) is 2.43. The Morgan fingerprint density at radius 1 is 1.29 bits per heavy atom. The zero-order valence-corrected chi connectivity index (χ0v) is 10.3. The van der Waals surface area contributed by atoms with Gasteiger partial charge >= 0.3 is 0 Å². The van der Waals surface area contributed by atoms with E-state index in [4.69, 9.17) is 4.74 Å². The molecule has 0 heterocycles. The van der Waals surface area contributed by atoms with Crippen LogP contribution in [0, 0.1) is 6.92 Å². The van der Waals surface area contributed by atoms with Crippen molar-refractivity contribution >= 4 is 0 Å². The van der Waals surface area contributed by atoms with Crippen molar-refractivity contribution in [1.29, 1.82) is 0 Å². The monoisotopic (exact) mass is 236 g/mol. The third-order valence-electron chi connectivity index (χ3n) is 3.48. The highest BCUT2D eigenvalue weighted by Crippen LogP contribution is 2.31. The molecule has 1 aromatic rings. The summed E-state index contributed by atoms with van der Waals surface area (Å²) in [5.41, 5.74) is 1.11. The molecule has 1 saturated carbocycles. The summed E-state index contributed by atoms with van der Waals surface area (Å²) in [7, 11) is 0. The van der Waals surface area contributed by atoms with Crippen LogP contribution in [-0.4, -0.2) is 22.4 Å². The summed E-state index contributed by atoms with van der Waals surface area (Å²) in [6.07, 6.45) is 3.77. The van der Waals surface area contributed by atoms with Crippen molar-refractivity contribution in [3.05, 3.63) is 29.3 Å². The van der Waals surface area contributed by atoms with E-state index in [0.29, 0.717) is 6.61 Å². The molecule has 94 valence electrons. The van der Waals surface area contributed by atoms with Crippen LogP contribution in [-0.2, 0) is 6.61 Å². The SMILES string of the molecule is Cc1cccc(CO)c1OCC1(O)CCCC1. The molecule has 3 heteroatoms. The summed E-state index contributed by atoms with van der Waals surface area (Å²) in [5, 5.41) is 19.5. The maximum Gasteiger partial charge on any atom is 0.127 e. The van der Waals surface area contributed by atoms with E-state index < -0.39 is 5.60 Å². The molecule has 17 heavy (non-hydrogen) atoms. The maximum atomic E-state index is 10.2. The first-order chi connectivity index (χ1) is 8.14. The fourth-order valence-corrected chi connectivity index (χ4v) is 2.43. The van der Waals surface area contributed by atoms with Crippen molar-refractivity contribution < 1.29 is 14.9 Å². The average molecular weight is 236 g/mol. The van der Waals surface area contributed by atoms with Crippen LogP contribution in [0.2, 0.25) is 0 Å². The molecule has 0 aromatic heterocycles. The van der Waals surface area contributed by atoms with E-state index in [1.54, 1.807) is 0 Å². The predicted octanol–water partition coefficient (Wildman–Crippen LogP) is 2.17. The maximum absolute atomic E-state index is 10.2. The highest BCUT2D eigenvalue weighted by Gasteiger charge is 2.32. The van der Waals surface area contributed by atoms with Crippen LogP contribution in [0.15, 0.2) is 18.2 Å². The highest BCUT2D eigenvalue weighted by atomic mass is 16.5. The quantitative estimate of drug-likeness (QED) is 0.842. The smallest absolute Gasteiger partial charge is 0.127 e. The van der Waals surface area contributed by atoms with Gasteiger partial charge in [0.15, 0.2) is 0 Å². The molecule has 0 saturated heterocycles. The van der Waals surface area contributed by atoms with Gasteiger partial charge in [0.2, 0.25) is 0 Å². The molecule has 1 aliphatic rings. The molecule has 0 bridgehead atoms. The molecule has 1 aliphatic carbocycles. The molecule has 3 nitrogen and oxygen atoms in total. The molecule has 0 atom stereocenters. The Labute approximate surface area is 102 Å². The summed E-state index contributed by atoms with van der Waals surface area (Å²) in [6.45, 7) is 2.24. The first-order valence-electron chi connectivity index (χ1n) is 6.19. The number of aliphatic hydroxyl groups is 2. The average Bonchev–Trinajstić information content (AvgIpc) is 2.75. The van der Waals surface area contributed by atoms with Gasteiger partial charge in [0.1, 0.15) is 12.4 Å². The van der Waals surface area contributed by atoms with Crippen molar-refractivity contribution in [3.63, 3.8) is 0 Å². The Kier molecular flexibility index (Phi) is 3.69. The van der Waals surface area contributed by atoms with Gasteiger partial charge in [0, 0.05) is 5.56 Å². The number of hydrogen-bond acceptors (Lipinski definition) is 3. The van der Waals surface area contributed by atoms with Crippen molar-refractivity contribution in [2.24, 2.45) is 0 Å². The molecular weight excluding hydrogens is 216 g/mol. The summed E-state index contributed by atoms with van der Waals surface area (Å²) in [5.74, 6) is 0.718. The van der Waals surface area contributed by atoms with Crippen LogP contribution in [0.4, 0.5) is 0 Å². The van der Waals surface area contributed by atoms with Crippen LogP contribution in [0.5, 0.6) is 5.75 Å². The van der Waals surface area contributed by atoms with Gasteiger partial charge in [0.05, 0.1) is 12.2 Å². The summed E-state index contributed by atoms with van der Waals surface area (Å²) >= 11 is 0. The van der Waals surface area contributed by atoms with Gasteiger partial charge in [0.25, 0.3) is 0 Å². The Bertz CT molecular complexity index is 381. The molecule has 2 rings (SSSR count). The number of para-hydroxylation sites is 1. The molecule has 0 amide bonds. The van der Waals surface area contributed by atoms with E-state index in [-0.39, 0.29) is 6.61 Å². The highest BCUT2D eigenvalue weighted by molar-refractivity contribution is 5.40. The minimum atomic E-state index is -0.672. The van der Waals surface area contributed by atoms with Gasteiger partial charge in [-0.1, -0.05) is 31.0 Å². The van der Waals surface area contributed by atoms with Gasteiger partial charge in [-0.25, -0.2) is 0 Å². The second-order valence-electron chi connectivity index (χ2n) is 4.94. The van der Waals surface area contributed by atoms with Crippen molar-refractivity contribution in [1.82, 2.24) is 0 Å². The van der Waals surface area contributed by atoms with E-state index >= 15 is 0 Å². The van der Waals surface area contributed by atoms with Crippen LogP contribution in [0.1, 0.15) is 36.8 Å². The molecular formula is C14H20O3. The van der Waals surface area contributed by atoms with Gasteiger partial charge in [-0.2, -0.15) is 0 Å². The normalized spacial score (nSPS) is 18.3. The largest absolute Gasteiger partial charge is 0.490 e. The Morgan fingerprint density at radius 2 is 2.00 bits per heavy atom. The van der Waals surface area contributed by atoms with Crippen LogP contribution < -0.4 is 4.74 Å². The number of hydrogen-bond donors (Lipinski definition) is 2. The zero-order valence-electron chi connectivity index (χ0n) is 10.3. The number of aliphatic hydroxyl groups excluding tert-OH is 1. The standard InChI is InChI=1S/C14H20O3/c1-11-5-4-6-12(9-15)13(11)17-10-14(16)7-2-3-8-14/h4-6,15-16H,2-3,7-10H2,1H3. The van der Waals surface area contributed by atoms with Crippen LogP contribution in [0.3, 0.4) is 0 Å².